The number of benzene rings is 1. The van der Waals surface area contributed by atoms with Crippen LogP contribution in [0.3, 0.4) is 0 Å². The van der Waals surface area contributed by atoms with Crippen molar-refractivity contribution in [2.24, 2.45) is 0 Å². The molecule has 1 aliphatic carbocycles. The minimum Gasteiger partial charge on any atom is -0.507 e. The lowest BCUT2D eigenvalue weighted by Gasteiger charge is -2.37. The van der Waals surface area contributed by atoms with Crippen molar-refractivity contribution in [1.29, 1.82) is 5.26 Å². The Morgan fingerprint density at radius 1 is 1.09 bits per heavy atom. The molecule has 162 valence electrons. The predicted molar refractivity (Wildman–Crippen MR) is 121 cm³/mol. The Balaban J connectivity index is 1.24. The summed E-state index contributed by atoms with van der Waals surface area (Å²) in [4.78, 5) is 11.3. The van der Waals surface area contributed by atoms with Crippen molar-refractivity contribution in [1.82, 2.24) is 25.5 Å². The van der Waals surface area contributed by atoms with Crippen LogP contribution in [-0.4, -0.2) is 49.4 Å². The quantitative estimate of drug-likeness (QED) is 0.614. The van der Waals surface area contributed by atoms with Crippen LogP contribution in [0, 0.1) is 11.3 Å². The van der Waals surface area contributed by atoms with Crippen LogP contribution in [0.2, 0.25) is 0 Å². The number of anilines is 1. The molecular formula is C23H23N7OS. The molecule has 3 aliphatic rings. The van der Waals surface area contributed by atoms with Gasteiger partial charge < -0.3 is 15.3 Å². The van der Waals surface area contributed by atoms with Crippen molar-refractivity contribution >= 4 is 17.3 Å². The van der Waals surface area contributed by atoms with Gasteiger partial charge in [0.05, 0.1) is 6.20 Å². The number of piperidine rings is 1. The third-order valence-corrected chi connectivity index (χ3v) is 7.59. The van der Waals surface area contributed by atoms with Gasteiger partial charge in [0.2, 0.25) is 5.95 Å². The molecule has 2 N–H and O–H groups in total. The topological polar surface area (TPSA) is 111 Å². The molecule has 1 saturated carbocycles. The first-order chi connectivity index (χ1) is 15.7. The van der Waals surface area contributed by atoms with E-state index in [-0.39, 0.29) is 5.75 Å². The van der Waals surface area contributed by atoms with Gasteiger partial charge in [0, 0.05) is 40.7 Å². The normalized spacial score (nSPS) is 24.3. The molecular weight excluding hydrogens is 422 g/mol. The van der Waals surface area contributed by atoms with E-state index in [1.54, 1.807) is 23.7 Å². The lowest BCUT2D eigenvalue weighted by Crippen LogP contribution is -2.49. The Morgan fingerprint density at radius 3 is 2.53 bits per heavy atom. The number of thiazole rings is 1. The summed E-state index contributed by atoms with van der Waals surface area (Å²) >= 11 is 1.37. The van der Waals surface area contributed by atoms with E-state index in [4.69, 9.17) is 5.26 Å². The zero-order chi connectivity index (χ0) is 21.7. The second-order valence-electron chi connectivity index (χ2n) is 8.93. The highest BCUT2D eigenvalue weighted by molar-refractivity contribution is 7.13. The number of phenolic OH excluding ortho intramolecular Hbond substituents is 1. The van der Waals surface area contributed by atoms with Crippen molar-refractivity contribution in [2.75, 3.05) is 4.90 Å². The molecule has 0 amide bonds. The highest BCUT2D eigenvalue weighted by Crippen LogP contribution is 2.38. The Labute approximate surface area is 190 Å². The Morgan fingerprint density at radius 2 is 1.91 bits per heavy atom. The van der Waals surface area contributed by atoms with Gasteiger partial charge >= 0.3 is 0 Å². The summed E-state index contributed by atoms with van der Waals surface area (Å²) in [6.45, 7) is 0. The summed E-state index contributed by atoms with van der Waals surface area (Å²) in [5, 5.41) is 34.6. The van der Waals surface area contributed by atoms with Crippen LogP contribution in [0.1, 0.15) is 44.2 Å². The molecule has 0 unspecified atom stereocenters. The number of rotatable bonds is 5. The molecule has 2 atom stereocenters. The van der Waals surface area contributed by atoms with Crippen molar-refractivity contribution in [2.45, 2.75) is 62.7 Å². The molecule has 2 bridgehead atoms. The van der Waals surface area contributed by atoms with Crippen molar-refractivity contribution < 1.29 is 5.11 Å². The maximum Gasteiger partial charge on any atom is 0.245 e. The average Bonchev–Trinajstić information content (AvgIpc) is 3.41. The van der Waals surface area contributed by atoms with Gasteiger partial charge in [0.25, 0.3) is 0 Å². The minimum atomic E-state index is 0.0917. The van der Waals surface area contributed by atoms with Crippen LogP contribution in [-0.2, 0) is 0 Å². The zero-order valence-electron chi connectivity index (χ0n) is 17.5. The lowest BCUT2D eigenvalue weighted by atomic mass is 9.98. The van der Waals surface area contributed by atoms with Gasteiger partial charge in [0.1, 0.15) is 22.5 Å². The molecule has 9 heteroatoms. The second-order valence-corrected chi connectivity index (χ2v) is 9.78. The Hall–Kier alpha value is -3.09. The number of phenols is 1. The van der Waals surface area contributed by atoms with E-state index < -0.39 is 0 Å². The van der Waals surface area contributed by atoms with Crippen molar-refractivity contribution in [3.05, 3.63) is 35.5 Å². The van der Waals surface area contributed by atoms with Gasteiger partial charge in [-0.2, -0.15) is 5.26 Å². The number of hydrogen-bond donors (Lipinski definition) is 2. The maximum absolute atomic E-state index is 10.6. The fraction of sp³-hybridized carbons (Fsp3) is 0.435. The molecule has 8 nitrogen and oxygen atoms in total. The van der Waals surface area contributed by atoms with Gasteiger partial charge in [-0.15, -0.1) is 21.5 Å². The Kier molecular flexibility index (Phi) is 4.77. The number of fused-ring (bicyclic) bond motifs is 2. The molecule has 2 aliphatic heterocycles. The van der Waals surface area contributed by atoms with Crippen molar-refractivity contribution in [3.63, 3.8) is 0 Å². The molecule has 0 spiro atoms. The van der Waals surface area contributed by atoms with E-state index in [2.05, 4.69) is 30.4 Å². The van der Waals surface area contributed by atoms with E-state index in [0.29, 0.717) is 52.1 Å². The minimum absolute atomic E-state index is 0.0917. The van der Waals surface area contributed by atoms with Gasteiger partial charge in [0.15, 0.2) is 5.69 Å². The predicted octanol–water partition coefficient (Wildman–Crippen LogP) is 3.49. The molecule has 6 rings (SSSR count). The van der Waals surface area contributed by atoms with Crippen LogP contribution in [0.4, 0.5) is 5.95 Å². The number of hydrogen-bond acceptors (Lipinski definition) is 9. The summed E-state index contributed by atoms with van der Waals surface area (Å²) in [5.41, 5.74) is 2.25. The first-order valence-corrected chi connectivity index (χ1v) is 12.0. The lowest BCUT2D eigenvalue weighted by molar-refractivity contribution is 0.342. The summed E-state index contributed by atoms with van der Waals surface area (Å²) in [6.07, 6.45) is 8.92. The largest absolute Gasteiger partial charge is 0.507 e. The molecule has 32 heavy (non-hydrogen) atoms. The molecule has 1 aromatic carbocycles. The number of nitrogens with one attached hydrogen (secondary N) is 1. The van der Waals surface area contributed by atoms with E-state index in [9.17, 15) is 5.11 Å². The third kappa shape index (κ3) is 3.59. The van der Waals surface area contributed by atoms with E-state index in [1.807, 2.05) is 12.1 Å². The number of nitrogens with zero attached hydrogens (tertiary/aromatic N) is 6. The molecule has 2 aromatic heterocycles. The fourth-order valence-electron chi connectivity index (χ4n) is 5.08. The molecule has 2 saturated heterocycles. The fourth-order valence-corrected chi connectivity index (χ4v) is 5.82. The summed E-state index contributed by atoms with van der Waals surface area (Å²) in [6, 6.07) is 9.56. The molecule has 3 fully saturated rings. The first kappa shape index (κ1) is 19.6. The van der Waals surface area contributed by atoms with E-state index in [0.717, 1.165) is 18.4 Å². The smallest absolute Gasteiger partial charge is 0.245 e. The van der Waals surface area contributed by atoms with Crippen LogP contribution in [0.5, 0.6) is 5.75 Å². The molecule has 0 radical (unpaired) electrons. The van der Waals surface area contributed by atoms with E-state index >= 15 is 0 Å². The van der Waals surface area contributed by atoms with Gasteiger partial charge in [-0.3, -0.25) is 0 Å². The first-order valence-electron chi connectivity index (χ1n) is 11.1. The molecule has 4 heterocycles. The maximum atomic E-state index is 10.6. The highest BCUT2D eigenvalue weighted by atomic mass is 32.1. The van der Waals surface area contributed by atoms with Gasteiger partial charge in [-0.1, -0.05) is 6.07 Å². The summed E-state index contributed by atoms with van der Waals surface area (Å²) in [5.74, 6) is 0.791. The van der Waals surface area contributed by atoms with Crippen LogP contribution in [0.15, 0.2) is 29.8 Å². The standard InChI is InChI=1S/C23H23N7OS/c24-10-16-12-32-22(27-16)13-1-6-19(21(31)7-13)20-11-25-23(29-28-20)30(17-4-5-17)18-8-14-2-3-15(9-18)26-14/h1,6-7,11-12,14-15,17-18,26,31H,2-5,8-9H2/t14-,15-/m0/s1. The third-order valence-electron chi connectivity index (χ3n) is 6.70. The van der Waals surface area contributed by atoms with Crippen LogP contribution < -0.4 is 10.2 Å². The average molecular weight is 446 g/mol. The second kappa shape index (κ2) is 7.80. The SMILES string of the molecule is N#Cc1csc(-c2ccc(-c3cnc(N(C4CC4)C4C[C@@H]5CC[C@@H](C4)N5)nn3)c(O)c2)n1. The van der Waals surface area contributed by atoms with Gasteiger partial charge in [-0.25, -0.2) is 9.97 Å². The number of aromatic nitrogens is 4. The highest BCUT2D eigenvalue weighted by Gasteiger charge is 2.42. The van der Waals surface area contributed by atoms with Crippen LogP contribution in [0.25, 0.3) is 21.8 Å². The summed E-state index contributed by atoms with van der Waals surface area (Å²) in [7, 11) is 0. The Bertz CT molecular complexity index is 1170. The number of nitriles is 1. The zero-order valence-corrected chi connectivity index (χ0v) is 18.3. The van der Waals surface area contributed by atoms with Crippen LogP contribution >= 0.6 is 11.3 Å². The monoisotopic (exact) mass is 445 g/mol. The van der Waals surface area contributed by atoms with E-state index in [1.165, 1.54) is 37.0 Å². The molecule has 3 aromatic rings. The van der Waals surface area contributed by atoms with Crippen molar-refractivity contribution in [3.8, 4) is 33.6 Å². The summed E-state index contributed by atoms with van der Waals surface area (Å²) < 4.78 is 0. The van der Waals surface area contributed by atoms with Gasteiger partial charge in [-0.05, 0) is 50.7 Å². The number of aromatic hydroxyl groups is 1.